The van der Waals surface area contributed by atoms with E-state index in [2.05, 4.69) is 19.2 Å². The van der Waals surface area contributed by atoms with Gasteiger partial charge in [0.25, 0.3) is 0 Å². The molecule has 12 atom stereocenters. The number of aliphatic hydroxyl groups excluding tert-OH is 8. The highest BCUT2D eigenvalue weighted by Gasteiger charge is 2.51. The van der Waals surface area contributed by atoms with E-state index < -0.39 is 86.8 Å². The van der Waals surface area contributed by atoms with Crippen LogP contribution in [0, 0.1) is 0 Å². The topological polar surface area (TPSA) is 228 Å². The molecular weight excluding hydrogens is 979 g/mol. The Labute approximate surface area is 470 Å². The molecular formula is C63H123NO13. The fraction of sp³-hybridized carbons (Fsp3) is 0.984. The minimum absolute atomic E-state index is 0.198. The van der Waals surface area contributed by atoms with E-state index in [1.807, 2.05) is 0 Å². The maximum Gasteiger partial charge on any atom is 0.220 e. The summed E-state index contributed by atoms with van der Waals surface area (Å²) in [6.45, 7) is 2.92. The molecule has 0 radical (unpaired) electrons. The number of aliphatic hydroxyl groups is 8. The molecule has 2 heterocycles. The molecule has 2 rings (SSSR count). The Morgan fingerprint density at radius 3 is 1.10 bits per heavy atom. The van der Waals surface area contributed by atoms with Crippen LogP contribution in [0.5, 0.6) is 0 Å². The summed E-state index contributed by atoms with van der Waals surface area (Å²) < 4.78 is 22.9. The minimum Gasteiger partial charge on any atom is -0.394 e. The van der Waals surface area contributed by atoms with Crippen molar-refractivity contribution in [2.75, 3.05) is 19.8 Å². The van der Waals surface area contributed by atoms with Crippen LogP contribution in [0.3, 0.4) is 0 Å². The third-order valence-electron chi connectivity index (χ3n) is 16.6. The van der Waals surface area contributed by atoms with Crippen LogP contribution < -0.4 is 5.32 Å². The second-order valence-electron chi connectivity index (χ2n) is 23.6. The summed E-state index contributed by atoms with van der Waals surface area (Å²) in [6, 6.07) is -0.823. The van der Waals surface area contributed by atoms with Crippen molar-refractivity contribution < 1.29 is 64.6 Å². The average molecular weight is 1100 g/mol. The van der Waals surface area contributed by atoms with E-state index in [9.17, 15) is 45.6 Å². The zero-order chi connectivity index (χ0) is 56.0. The SMILES string of the molecule is CCCCCCCCCCCCCCCCCCCCCCCCCC(O)C(COC1OC(CO)C(OC2OC(CO)C(O)C(O)C2O)C(O)C1O)NC(=O)CCCCCCCCCCCCCCCCCCCCCC. The molecule has 2 aliphatic rings. The van der Waals surface area contributed by atoms with Gasteiger partial charge in [0.05, 0.1) is 32.0 Å². The van der Waals surface area contributed by atoms with Crippen molar-refractivity contribution in [2.24, 2.45) is 0 Å². The Morgan fingerprint density at radius 2 is 0.740 bits per heavy atom. The number of ether oxygens (including phenoxy) is 4. The smallest absolute Gasteiger partial charge is 0.220 e. The van der Waals surface area contributed by atoms with Crippen LogP contribution in [-0.2, 0) is 23.7 Å². The number of carbonyl (C=O) groups is 1. The highest BCUT2D eigenvalue weighted by Crippen LogP contribution is 2.30. The lowest BCUT2D eigenvalue weighted by Gasteiger charge is -2.46. The van der Waals surface area contributed by atoms with Crippen LogP contribution in [0.2, 0.25) is 0 Å². The van der Waals surface area contributed by atoms with Gasteiger partial charge in [-0.25, -0.2) is 0 Å². The summed E-state index contributed by atoms with van der Waals surface area (Å²) >= 11 is 0. The molecule has 0 aliphatic carbocycles. The molecule has 0 bridgehead atoms. The van der Waals surface area contributed by atoms with Crippen LogP contribution in [0.25, 0.3) is 0 Å². The predicted molar refractivity (Wildman–Crippen MR) is 309 cm³/mol. The van der Waals surface area contributed by atoms with Crippen LogP contribution >= 0.6 is 0 Å². The standard InChI is InChI=1S/C63H123NO13/c1-3-5-7-9-11-13-15-17-19-21-23-25-26-27-28-30-32-34-36-38-40-42-44-46-52(67)51(64-55(68)47-45-43-41-39-37-35-33-31-29-24-22-20-18-16-14-12-10-8-6-4-2)50-74-62-60(73)58(71)61(54(49-66)76-62)77-63-59(72)57(70)56(69)53(48-65)75-63/h51-54,56-63,65-67,69-73H,3-50H2,1-2H3,(H,64,68). The Kier molecular flexibility index (Phi) is 46.4. The fourth-order valence-electron chi connectivity index (χ4n) is 11.3. The number of hydrogen-bond acceptors (Lipinski definition) is 13. The highest BCUT2D eigenvalue weighted by molar-refractivity contribution is 5.76. The zero-order valence-corrected chi connectivity index (χ0v) is 49.5. The maximum atomic E-state index is 13.3. The highest BCUT2D eigenvalue weighted by atomic mass is 16.7. The van der Waals surface area contributed by atoms with Gasteiger partial charge in [-0.15, -0.1) is 0 Å². The number of carbonyl (C=O) groups excluding carboxylic acids is 1. The van der Waals surface area contributed by atoms with Crippen LogP contribution in [0.4, 0.5) is 0 Å². The third-order valence-corrected chi connectivity index (χ3v) is 16.6. The number of unbranched alkanes of at least 4 members (excludes halogenated alkanes) is 41. The van der Waals surface area contributed by atoms with E-state index in [4.69, 9.17) is 18.9 Å². The Morgan fingerprint density at radius 1 is 0.416 bits per heavy atom. The zero-order valence-electron chi connectivity index (χ0n) is 49.5. The molecule has 0 saturated carbocycles. The molecule has 12 unspecified atom stereocenters. The number of nitrogens with one attached hydrogen (secondary N) is 1. The van der Waals surface area contributed by atoms with Crippen molar-refractivity contribution >= 4 is 5.91 Å². The number of hydrogen-bond donors (Lipinski definition) is 9. The van der Waals surface area contributed by atoms with Crippen molar-refractivity contribution in [1.29, 1.82) is 0 Å². The second-order valence-corrected chi connectivity index (χ2v) is 23.6. The normalized spacial score (nSPS) is 24.6. The fourth-order valence-corrected chi connectivity index (χ4v) is 11.3. The summed E-state index contributed by atoms with van der Waals surface area (Å²) in [6.07, 6.45) is 39.6. The van der Waals surface area contributed by atoms with Gasteiger partial charge in [-0.1, -0.05) is 284 Å². The summed E-state index contributed by atoms with van der Waals surface area (Å²) in [5.41, 5.74) is 0. The second kappa shape index (κ2) is 49.6. The van der Waals surface area contributed by atoms with E-state index in [0.717, 1.165) is 51.4 Å². The van der Waals surface area contributed by atoms with E-state index in [0.29, 0.717) is 12.8 Å². The minimum atomic E-state index is -1.78. The molecule has 2 aliphatic heterocycles. The van der Waals surface area contributed by atoms with Gasteiger partial charge in [-0.2, -0.15) is 0 Å². The first-order valence-corrected chi connectivity index (χ1v) is 32.8. The first kappa shape index (κ1) is 72.1. The Bertz CT molecular complexity index is 1300. The van der Waals surface area contributed by atoms with Gasteiger partial charge in [0.1, 0.15) is 48.8 Å². The van der Waals surface area contributed by atoms with Crippen molar-refractivity contribution in [3.8, 4) is 0 Å². The lowest BCUT2D eigenvalue weighted by Crippen LogP contribution is -2.65. The Balaban J connectivity index is 1.70. The van der Waals surface area contributed by atoms with Crippen molar-refractivity contribution in [3.05, 3.63) is 0 Å². The van der Waals surface area contributed by atoms with Gasteiger partial charge in [0.2, 0.25) is 5.91 Å². The van der Waals surface area contributed by atoms with Crippen molar-refractivity contribution in [1.82, 2.24) is 5.32 Å². The quantitative estimate of drug-likeness (QED) is 0.0259. The molecule has 0 spiro atoms. The monoisotopic (exact) mass is 1100 g/mol. The number of amides is 1. The first-order chi connectivity index (χ1) is 37.6. The van der Waals surface area contributed by atoms with Crippen LogP contribution in [0.15, 0.2) is 0 Å². The molecule has 2 fully saturated rings. The lowest BCUT2D eigenvalue weighted by molar-refractivity contribution is -0.359. The predicted octanol–water partition coefficient (Wildman–Crippen LogP) is 12.1. The van der Waals surface area contributed by atoms with Crippen molar-refractivity contribution in [2.45, 2.75) is 376 Å². The largest absolute Gasteiger partial charge is 0.394 e. The van der Waals surface area contributed by atoms with Gasteiger partial charge in [-0.05, 0) is 12.8 Å². The van der Waals surface area contributed by atoms with Gasteiger partial charge < -0.3 is 65.1 Å². The molecule has 1 amide bonds. The summed E-state index contributed by atoms with van der Waals surface area (Å²) in [4.78, 5) is 13.3. The maximum absolute atomic E-state index is 13.3. The summed E-state index contributed by atoms with van der Waals surface area (Å²) in [5.74, 6) is -0.198. The van der Waals surface area contributed by atoms with Gasteiger partial charge in [0.15, 0.2) is 12.6 Å². The molecule has 2 saturated heterocycles. The third kappa shape index (κ3) is 34.9. The van der Waals surface area contributed by atoms with Gasteiger partial charge in [0, 0.05) is 6.42 Å². The lowest BCUT2D eigenvalue weighted by atomic mass is 9.97. The van der Waals surface area contributed by atoms with E-state index >= 15 is 0 Å². The van der Waals surface area contributed by atoms with Crippen LogP contribution in [0.1, 0.15) is 303 Å². The molecule has 14 heteroatoms. The van der Waals surface area contributed by atoms with E-state index in [1.54, 1.807) is 0 Å². The summed E-state index contributed by atoms with van der Waals surface area (Å²) in [7, 11) is 0. The van der Waals surface area contributed by atoms with Gasteiger partial charge >= 0.3 is 0 Å². The molecule has 14 nitrogen and oxygen atoms in total. The molecule has 0 aromatic carbocycles. The molecule has 9 N–H and O–H groups in total. The molecule has 0 aromatic rings. The molecule has 458 valence electrons. The Hall–Kier alpha value is -1.01. The van der Waals surface area contributed by atoms with Crippen LogP contribution in [-0.4, -0.2) is 140 Å². The van der Waals surface area contributed by atoms with Crippen molar-refractivity contribution in [3.63, 3.8) is 0 Å². The summed E-state index contributed by atoms with van der Waals surface area (Å²) in [5, 5.41) is 87.5. The number of rotatable bonds is 54. The van der Waals surface area contributed by atoms with E-state index in [1.165, 1.54) is 225 Å². The van der Waals surface area contributed by atoms with Gasteiger partial charge in [-0.3, -0.25) is 4.79 Å². The first-order valence-electron chi connectivity index (χ1n) is 32.8. The average Bonchev–Trinajstić information content (AvgIpc) is 3.44. The molecule has 0 aromatic heterocycles. The molecule has 77 heavy (non-hydrogen) atoms. The van der Waals surface area contributed by atoms with E-state index in [-0.39, 0.29) is 12.5 Å².